The third kappa shape index (κ3) is 3.13. The van der Waals surface area contributed by atoms with Crippen LogP contribution in [0.1, 0.15) is 28.5 Å². The number of hydrogen-bond donors (Lipinski definition) is 4. The number of aromatic hydroxyl groups is 1. The van der Waals surface area contributed by atoms with Crippen molar-refractivity contribution in [2.45, 2.75) is 25.9 Å². The summed E-state index contributed by atoms with van der Waals surface area (Å²) in [6, 6.07) is 8.75. The van der Waals surface area contributed by atoms with Gasteiger partial charge in [0.25, 0.3) is 5.56 Å². The highest BCUT2D eigenvalue weighted by Crippen LogP contribution is 2.45. The van der Waals surface area contributed by atoms with Gasteiger partial charge in [0, 0.05) is 54.9 Å². The zero-order valence-electron chi connectivity index (χ0n) is 18.5. The van der Waals surface area contributed by atoms with E-state index in [1.165, 1.54) is 5.69 Å². The van der Waals surface area contributed by atoms with Crippen LogP contribution in [0, 0.1) is 11.8 Å². The highest BCUT2D eigenvalue weighted by Gasteiger charge is 2.54. The molecule has 2 fully saturated rings. The highest BCUT2D eigenvalue weighted by atomic mass is 16.4. The molecule has 1 aliphatic carbocycles. The van der Waals surface area contributed by atoms with Gasteiger partial charge >= 0.3 is 5.97 Å². The summed E-state index contributed by atoms with van der Waals surface area (Å²) in [4.78, 5) is 28.9. The van der Waals surface area contributed by atoms with Gasteiger partial charge in [0.2, 0.25) is 0 Å². The Morgan fingerprint density at radius 3 is 2.59 bits per heavy atom. The predicted octanol–water partition coefficient (Wildman–Crippen LogP) is 2.15. The summed E-state index contributed by atoms with van der Waals surface area (Å²) < 4.78 is 2.20. The van der Waals surface area contributed by atoms with E-state index < -0.39 is 22.8 Å². The molecule has 0 unspecified atom stereocenters. The molecular formula is C24H28N4O4. The number of carbonyl (C=O) groups is 1. The zero-order chi connectivity index (χ0) is 22.7. The summed E-state index contributed by atoms with van der Waals surface area (Å²) in [5, 5.41) is 24.2. The maximum absolute atomic E-state index is 12.3. The number of rotatable bonds is 6. The second-order valence-corrected chi connectivity index (χ2v) is 8.99. The van der Waals surface area contributed by atoms with Crippen LogP contribution < -0.4 is 10.9 Å². The van der Waals surface area contributed by atoms with Gasteiger partial charge in [0.1, 0.15) is 5.75 Å². The lowest BCUT2D eigenvalue weighted by molar-refractivity contribution is 0.0691. The molecule has 1 aromatic carbocycles. The van der Waals surface area contributed by atoms with E-state index in [0.717, 1.165) is 47.9 Å². The topological polar surface area (TPSA) is 111 Å². The molecule has 8 heteroatoms. The zero-order valence-corrected chi connectivity index (χ0v) is 18.5. The smallest absolute Gasteiger partial charge is 0.345 e. The van der Waals surface area contributed by atoms with Crippen molar-refractivity contribution < 1.29 is 15.0 Å². The van der Waals surface area contributed by atoms with Crippen molar-refractivity contribution >= 4 is 16.9 Å². The van der Waals surface area contributed by atoms with Crippen molar-refractivity contribution in [1.29, 1.82) is 0 Å². The largest absolute Gasteiger partial charge is 0.506 e. The molecule has 0 spiro atoms. The SMILES string of the molecule is CCc1c(-c2ccc3c(c2)cc(CN2C[C@@H]4[C@H](C2)[C@@H]4NC)n3C)[nH]c(=O)c(C(=O)O)c1O. The number of likely N-dealkylation sites (tertiary alicyclic amines) is 1. The number of benzene rings is 1. The maximum Gasteiger partial charge on any atom is 0.345 e. The molecule has 32 heavy (non-hydrogen) atoms. The maximum atomic E-state index is 12.3. The molecule has 0 amide bonds. The Kier molecular flexibility index (Phi) is 4.87. The van der Waals surface area contributed by atoms with E-state index in [4.69, 9.17) is 0 Å². The van der Waals surface area contributed by atoms with Gasteiger partial charge in [-0.3, -0.25) is 9.69 Å². The van der Waals surface area contributed by atoms with Crippen LogP contribution in [-0.2, 0) is 20.0 Å². The molecule has 3 aromatic rings. The van der Waals surface area contributed by atoms with Gasteiger partial charge in [-0.1, -0.05) is 13.0 Å². The van der Waals surface area contributed by atoms with Crippen molar-refractivity contribution in [3.05, 3.63) is 51.4 Å². The molecule has 0 bridgehead atoms. The Labute approximate surface area is 185 Å². The average Bonchev–Trinajstić information content (AvgIpc) is 3.07. The predicted molar refractivity (Wildman–Crippen MR) is 122 cm³/mol. The van der Waals surface area contributed by atoms with E-state index in [1.54, 1.807) is 0 Å². The minimum absolute atomic E-state index is 0.390. The average molecular weight is 437 g/mol. The number of nitrogens with zero attached hydrogens (tertiary/aromatic N) is 2. The number of pyridine rings is 1. The summed E-state index contributed by atoms with van der Waals surface area (Å²) in [5.74, 6) is -0.354. The summed E-state index contributed by atoms with van der Waals surface area (Å²) in [5.41, 5.74) is 2.54. The number of nitrogens with one attached hydrogen (secondary N) is 2. The van der Waals surface area contributed by atoms with Gasteiger partial charge in [0.15, 0.2) is 5.56 Å². The third-order valence-electron chi connectivity index (χ3n) is 7.28. The highest BCUT2D eigenvalue weighted by molar-refractivity contribution is 5.92. The van der Waals surface area contributed by atoms with Crippen LogP contribution in [0.25, 0.3) is 22.2 Å². The minimum Gasteiger partial charge on any atom is -0.506 e. The minimum atomic E-state index is -1.44. The number of H-pyrrole nitrogens is 1. The van der Waals surface area contributed by atoms with E-state index in [0.29, 0.717) is 23.7 Å². The Balaban J connectivity index is 1.48. The first-order valence-corrected chi connectivity index (χ1v) is 11.0. The standard InChI is InChI=1S/C24H28N4O4/c1-4-15-20(26-23(30)19(22(15)29)24(31)32)12-5-6-18-13(7-12)8-14(27(18)3)9-28-10-16-17(11-28)21(16)25-2/h5-8,16-17,21,25H,4,9-11H2,1-3H3,(H,31,32)(H2,26,29,30)/t16-,17+,21-. The van der Waals surface area contributed by atoms with Crippen molar-refractivity contribution in [2.75, 3.05) is 20.1 Å². The van der Waals surface area contributed by atoms with Gasteiger partial charge in [-0.2, -0.15) is 0 Å². The Bertz CT molecular complexity index is 1280. The van der Waals surface area contributed by atoms with E-state index >= 15 is 0 Å². The van der Waals surface area contributed by atoms with Gasteiger partial charge < -0.3 is 25.1 Å². The molecule has 2 aromatic heterocycles. The molecule has 3 atom stereocenters. The lowest BCUT2D eigenvalue weighted by atomic mass is 9.99. The Morgan fingerprint density at radius 2 is 1.97 bits per heavy atom. The number of fused-ring (bicyclic) bond motifs is 2. The van der Waals surface area contributed by atoms with Crippen LogP contribution >= 0.6 is 0 Å². The van der Waals surface area contributed by atoms with Crippen LogP contribution in [0.4, 0.5) is 0 Å². The third-order valence-corrected chi connectivity index (χ3v) is 7.28. The molecule has 1 saturated carbocycles. The molecule has 2 aliphatic rings. The fourth-order valence-corrected chi connectivity index (χ4v) is 5.53. The number of aryl methyl sites for hydroxylation is 1. The van der Waals surface area contributed by atoms with E-state index in [9.17, 15) is 19.8 Å². The van der Waals surface area contributed by atoms with Crippen molar-refractivity contribution in [1.82, 2.24) is 19.8 Å². The van der Waals surface area contributed by atoms with Crippen molar-refractivity contribution in [2.24, 2.45) is 18.9 Å². The van der Waals surface area contributed by atoms with Gasteiger partial charge in [0.05, 0.1) is 5.69 Å². The fourth-order valence-electron chi connectivity index (χ4n) is 5.53. The van der Waals surface area contributed by atoms with Crippen LogP contribution in [0.3, 0.4) is 0 Å². The molecular weight excluding hydrogens is 408 g/mol. The number of hydrogen-bond acceptors (Lipinski definition) is 5. The first-order valence-electron chi connectivity index (χ1n) is 11.0. The summed E-state index contributed by atoms with van der Waals surface area (Å²) in [6.07, 6.45) is 0.390. The van der Waals surface area contributed by atoms with Gasteiger partial charge in [-0.15, -0.1) is 0 Å². The van der Waals surface area contributed by atoms with E-state index in [-0.39, 0.29) is 0 Å². The van der Waals surface area contributed by atoms with Gasteiger partial charge in [-0.25, -0.2) is 4.79 Å². The van der Waals surface area contributed by atoms with Crippen LogP contribution in [0.2, 0.25) is 0 Å². The quantitative estimate of drug-likeness (QED) is 0.471. The summed E-state index contributed by atoms with van der Waals surface area (Å²) >= 11 is 0. The second kappa shape index (κ2) is 7.50. The van der Waals surface area contributed by atoms with Gasteiger partial charge in [-0.05, 0) is 49.1 Å². The molecule has 3 heterocycles. The molecule has 8 nitrogen and oxygen atoms in total. The van der Waals surface area contributed by atoms with Crippen LogP contribution in [0.15, 0.2) is 29.1 Å². The van der Waals surface area contributed by atoms with E-state index in [2.05, 4.69) is 32.9 Å². The van der Waals surface area contributed by atoms with Crippen molar-refractivity contribution in [3.63, 3.8) is 0 Å². The van der Waals surface area contributed by atoms with Crippen LogP contribution in [0.5, 0.6) is 5.75 Å². The van der Waals surface area contributed by atoms with Crippen molar-refractivity contribution in [3.8, 4) is 17.0 Å². The fraction of sp³-hybridized carbons (Fsp3) is 0.417. The monoisotopic (exact) mass is 436 g/mol. The second-order valence-electron chi connectivity index (χ2n) is 8.99. The molecule has 1 saturated heterocycles. The first kappa shape index (κ1) is 20.8. The number of piperidine rings is 1. The molecule has 0 radical (unpaired) electrons. The normalized spacial score (nSPS) is 22.4. The number of aromatic nitrogens is 2. The number of aromatic amines is 1. The Morgan fingerprint density at radius 1 is 1.25 bits per heavy atom. The Hall–Kier alpha value is -3.10. The number of aromatic carboxylic acids is 1. The number of carboxylic acid groups (broad SMARTS) is 1. The molecule has 168 valence electrons. The van der Waals surface area contributed by atoms with E-state index in [1.807, 2.05) is 32.2 Å². The summed E-state index contributed by atoms with van der Waals surface area (Å²) in [6.45, 7) is 4.97. The van der Waals surface area contributed by atoms with Crippen LogP contribution in [-0.4, -0.2) is 56.8 Å². The number of carboxylic acids is 1. The lowest BCUT2D eigenvalue weighted by Gasteiger charge is -2.19. The summed E-state index contributed by atoms with van der Waals surface area (Å²) in [7, 11) is 4.11. The molecule has 1 aliphatic heterocycles. The molecule has 5 rings (SSSR count). The first-order chi connectivity index (χ1) is 15.3. The lowest BCUT2D eigenvalue weighted by Crippen LogP contribution is -2.29. The molecule has 4 N–H and O–H groups in total.